The van der Waals surface area contributed by atoms with E-state index in [1.807, 2.05) is 6.92 Å². The molecule has 7 heteroatoms. The summed E-state index contributed by atoms with van der Waals surface area (Å²) < 4.78 is 0. The predicted molar refractivity (Wildman–Crippen MR) is 62.7 cm³/mol. The first kappa shape index (κ1) is 13.6. The fraction of sp³-hybridized carbons (Fsp3) is 0.800. The third-order valence-electron chi connectivity index (χ3n) is 2.52. The number of H-pyrrole nitrogens is 1. The Balaban J connectivity index is 2.52. The highest BCUT2D eigenvalue weighted by atomic mass is 16.2. The molecule has 0 fully saturated rings. The van der Waals surface area contributed by atoms with E-state index >= 15 is 0 Å². The number of nitrogens with zero attached hydrogens (tertiary/aromatic N) is 3. The summed E-state index contributed by atoms with van der Waals surface area (Å²) in [7, 11) is 0. The van der Waals surface area contributed by atoms with E-state index in [4.69, 9.17) is 5.73 Å². The first-order valence-electron chi connectivity index (χ1n) is 5.78. The zero-order valence-electron chi connectivity index (χ0n) is 10.5. The van der Waals surface area contributed by atoms with Crippen molar-refractivity contribution in [2.24, 2.45) is 17.6 Å². The summed E-state index contributed by atoms with van der Waals surface area (Å²) >= 11 is 0. The van der Waals surface area contributed by atoms with Crippen LogP contribution in [0, 0.1) is 11.8 Å². The first-order chi connectivity index (χ1) is 8.04. The van der Waals surface area contributed by atoms with Crippen LogP contribution in [0.1, 0.15) is 39.1 Å². The second kappa shape index (κ2) is 6.29. The van der Waals surface area contributed by atoms with Gasteiger partial charge in [0.25, 0.3) is 0 Å². The van der Waals surface area contributed by atoms with Gasteiger partial charge in [0, 0.05) is 6.54 Å². The SMILES string of the molecule is CC(C)CC(CN)C(=O)NC(C)c1nn[nH]n1. The molecule has 2 unspecified atom stereocenters. The molecular weight excluding hydrogens is 220 g/mol. The third kappa shape index (κ3) is 4.10. The largest absolute Gasteiger partial charge is 0.346 e. The molecule has 17 heavy (non-hydrogen) atoms. The molecule has 0 bridgehead atoms. The van der Waals surface area contributed by atoms with Crippen molar-refractivity contribution in [2.75, 3.05) is 6.54 Å². The van der Waals surface area contributed by atoms with Gasteiger partial charge in [0.1, 0.15) is 0 Å². The summed E-state index contributed by atoms with van der Waals surface area (Å²) in [6.07, 6.45) is 0.779. The topological polar surface area (TPSA) is 110 Å². The van der Waals surface area contributed by atoms with Crippen molar-refractivity contribution in [3.8, 4) is 0 Å². The van der Waals surface area contributed by atoms with Gasteiger partial charge in [0.15, 0.2) is 5.82 Å². The molecule has 0 aliphatic rings. The fourth-order valence-electron chi connectivity index (χ4n) is 1.63. The molecule has 1 aromatic heterocycles. The molecule has 1 rings (SSSR count). The second-order valence-electron chi connectivity index (χ2n) is 4.56. The Bertz CT molecular complexity index is 337. The van der Waals surface area contributed by atoms with E-state index in [1.54, 1.807) is 0 Å². The van der Waals surface area contributed by atoms with E-state index in [0.717, 1.165) is 6.42 Å². The zero-order chi connectivity index (χ0) is 12.8. The predicted octanol–water partition coefficient (Wildman–Crippen LogP) is -0.00210. The van der Waals surface area contributed by atoms with Crippen LogP contribution < -0.4 is 11.1 Å². The minimum Gasteiger partial charge on any atom is -0.346 e. The summed E-state index contributed by atoms with van der Waals surface area (Å²) in [5, 5.41) is 16.3. The smallest absolute Gasteiger partial charge is 0.224 e. The number of rotatable bonds is 6. The molecule has 1 heterocycles. The minimum atomic E-state index is -0.262. The molecule has 0 saturated carbocycles. The molecule has 0 spiro atoms. The molecule has 0 aliphatic carbocycles. The van der Waals surface area contributed by atoms with Crippen LogP contribution in [0.5, 0.6) is 0 Å². The van der Waals surface area contributed by atoms with E-state index in [-0.39, 0.29) is 17.9 Å². The number of nitrogens with two attached hydrogens (primary N) is 1. The first-order valence-corrected chi connectivity index (χ1v) is 5.78. The number of amides is 1. The molecule has 0 saturated heterocycles. The highest BCUT2D eigenvalue weighted by molar-refractivity contribution is 5.79. The third-order valence-corrected chi connectivity index (χ3v) is 2.52. The lowest BCUT2D eigenvalue weighted by molar-refractivity contribution is -0.125. The van der Waals surface area contributed by atoms with Gasteiger partial charge >= 0.3 is 0 Å². The maximum Gasteiger partial charge on any atom is 0.224 e. The second-order valence-corrected chi connectivity index (χ2v) is 4.56. The van der Waals surface area contributed by atoms with Gasteiger partial charge in [-0.15, -0.1) is 10.2 Å². The Kier molecular flexibility index (Phi) is 5.02. The Morgan fingerprint density at radius 2 is 2.18 bits per heavy atom. The standard InChI is InChI=1S/C10H20N6O/c1-6(2)4-8(5-11)10(17)12-7(3)9-13-15-16-14-9/h6-8H,4-5,11H2,1-3H3,(H,12,17)(H,13,14,15,16). The van der Waals surface area contributed by atoms with Crippen molar-refractivity contribution >= 4 is 5.91 Å². The lowest BCUT2D eigenvalue weighted by Crippen LogP contribution is -2.37. The number of hydrogen-bond acceptors (Lipinski definition) is 5. The molecule has 2 atom stereocenters. The summed E-state index contributed by atoms with van der Waals surface area (Å²) in [4.78, 5) is 11.9. The van der Waals surface area contributed by atoms with Gasteiger partial charge in [0.05, 0.1) is 12.0 Å². The van der Waals surface area contributed by atoms with Crippen molar-refractivity contribution < 1.29 is 4.79 Å². The molecule has 96 valence electrons. The van der Waals surface area contributed by atoms with Gasteiger partial charge < -0.3 is 11.1 Å². The van der Waals surface area contributed by atoms with Crippen LogP contribution in [0.3, 0.4) is 0 Å². The van der Waals surface area contributed by atoms with Crippen LogP contribution in [-0.2, 0) is 4.79 Å². The number of aromatic nitrogens is 4. The maximum atomic E-state index is 11.9. The van der Waals surface area contributed by atoms with Gasteiger partial charge in [-0.2, -0.15) is 5.21 Å². The maximum absolute atomic E-state index is 11.9. The molecule has 0 aliphatic heterocycles. The molecule has 4 N–H and O–H groups in total. The van der Waals surface area contributed by atoms with Gasteiger partial charge in [-0.1, -0.05) is 19.1 Å². The number of aromatic amines is 1. The van der Waals surface area contributed by atoms with Crippen LogP contribution in [0.25, 0.3) is 0 Å². The van der Waals surface area contributed by atoms with Gasteiger partial charge in [-0.3, -0.25) is 4.79 Å². The quantitative estimate of drug-likeness (QED) is 0.648. The molecule has 0 radical (unpaired) electrons. The van der Waals surface area contributed by atoms with E-state index < -0.39 is 0 Å². The lowest BCUT2D eigenvalue weighted by Gasteiger charge is -2.18. The lowest BCUT2D eigenvalue weighted by atomic mass is 9.96. The molecular formula is C10H20N6O. The van der Waals surface area contributed by atoms with Crippen LogP contribution in [0.15, 0.2) is 0 Å². The number of tetrazole rings is 1. The Morgan fingerprint density at radius 3 is 2.65 bits per heavy atom. The van der Waals surface area contributed by atoms with Gasteiger partial charge in [-0.05, 0) is 19.3 Å². The van der Waals surface area contributed by atoms with Crippen LogP contribution >= 0.6 is 0 Å². The van der Waals surface area contributed by atoms with E-state index in [1.165, 1.54) is 0 Å². The summed E-state index contributed by atoms with van der Waals surface area (Å²) in [6, 6.07) is -0.262. The van der Waals surface area contributed by atoms with Gasteiger partial charge in [-0.25, -0.2) is 0 Å². The zero-order valence-corrected chi connectivity index (χ0v) is 10.5. The minimum absolute atomic E-state index is 0.0569. The van der Waals surface area contributed by atoms with Gasteiger partial charge in [0.2, 0.25) is 5.91 Å². The van der Waals surface area contributed by atoms with Crippen molar-refractivity contribution in [1.29, 1.82) is 0 Å². The van der Waals surface area contributed by atoms with Crippen molar-refractivity contribution in [1.82, 2.24) is 25.9 Å². The summed E-state index contributed by atoms with van der Waals surface area (Å²) in [6.45, 7) is 6.30. The summed E-state index contributed by atoms with van der Waals surface area (Å²) in [5.41, 5.74) is 5.61. The molecule has 7 nitrogen and oxygen atoms in total. The van der Waals surface area contributed by atoms with E-state index in [9.17, 15) is 4.79 Å². The number of carbonyl (C=O) groups excluding carboxylic acids is 1. The Hall–Kier alpha value is -1.50. The van der Waals surface area contributed by atoms with Crippen molar-refractivity contribution in [3.05, 3.63) is 5.82 Å². The number of carbonyl (C=O) groups is 1. The molecule has 1 aromatic rings. The number of nitrogens with one attached hydrogen (secondary N) is 2. The Labute approximate surface area is 101 Å². The highest BCUT2D eigenvalue weighted by Gasteiger charge is 2.21. The Morgan fingerprint density at radius 1 is 1.47 bits per heavy atom. The molecule has 1 amide bonds. The monoisotopic (exact) mass is 240 g/mol. The average Bonchev–Trinajstić information content (AvgIpc) is 2.78. The van der Waals surface area contributed by atoms with Crippen LogP contribution in [0.2, 0.25) is 0 Å². The van der Waals surface area contributed by atoms with E-state index in [0.29, 0.717) is 18.3 Å². The van der Waals surface area contributed by atoms with E-state index in [2.05, 4.69) is 39.8 Å². The van der Waals surface area contributed by atoms with Crippen molar-refractivity contribution in [3.63, 3.8) is 0 Å². The molecule has 0 aromatic carbocycles. The van der Waals surface area contributed by atoms with Crippen LogP contribution in [-0.4, -0.2) is 33.1 Å². The van der Waals surface area contributed by atoms with Crippen LogP contribution in [0.4, 0.5) is 0 Å². The number of hydrogen-bond donors (Lipinski definition) is 3. The highest BCUT2D eigenvalue weighted by Crippen LogP contribution is 2.12. The average molecular weight is 240 g/mol. The van der Waals surface area contributed by atoms with Crippen molar-refractivity contribution in [2.45, 2.75) is 33.2 Å². The summed E-state index contributed by atoms with van der Waals surface area (Å²) in [5.74, 6) is 0.691. The normalized spacial score (nSPS) is 14.6. The fourth-order valence-corrected chi connectivity index (χ4v) is 1.63.